The lowest BCUT2D eigenvalue weighted by atomic mass is 9.91. The van der Waals surface area contributed by atoms with Crippen LogP contribution in [0.15, 0.2) is 54.6 Å². The van der Waals surface area contributed by atoms with Crippen LogP contribution in [0, 0.1) is 0 Å². The van der Waals surface area contributed by atoms with E-state index in [1.165, 1.54) is 0 Å². The molecule has 0 amide bonds. The van der Waals surface area contributed by atoms with Crippen LogP contribution >= 0.6 is 0 Å². The van der Waals surface area contributed by atoms with Gasteiger partial charge in [-0.25, -0.2) is 0 Å². The predicted octanol–water partition coefficient (Wildman–Crippen LogP) is 3.42. The van der Waals surface area contributed by atoms with Crippen LogP contribution in [0.3, 0.4) is 0 Å². The Balaban J connectivity index is 1.52. The summed E-state index contributed by atoms with van der Waals surface area (Å²) in [6, 6.07) is 17.5. The van der Waals surface area contributed by atoms with Crippen LogP contribution in [0.4, 0.5) is 0 Å². The van der Waals surface area contributed by atoms with Gasteiger partial charge in [-0.2, -0.15) is 0 Å². The molecule has 2 aliphatic heterocycles. The highest BCUT2D eigenvalue weighted by molar-refractivity contribution is 5.26. The molecule has 0 radical (unpaired) electrons. The lowest BCUT2D eigenvalue weighted by Gasteiger charge is -2.38. The molecule has 4 rings (SSSR count). The van der Waals surface area contributed by atoms with Gasteiger partial charge in [0.2, 0.25) is 0 Å². The Hall–Kier alpha value is -2.00. The minimum Gasteiger partial charge on any atom is -0.497 e. The summed E-state index contributed by atoms with van der Waals surface area (Å²) in [5, 5.41) is 10.2. The van der Waals surface area contributed by atoms with Crippen molar-refractivity contribution in [2.24, 2.45) is 0 Å². The Morgan fingerprint density at radius 3 is 2.25 bits per heavy atom. The minimum absolute atomic E-state index is 0.228. The Morgan fingerprint density at radius 2 is 1.59 bits per heavy atom. The van der Waals surface area contributed by atoms with E-state index >= 15 is 0 Å². The molecule has 1 N–H and O–H groups in total. The maximum Gasteiger partial charge on any atom is 0.190 e. The lowest BCUT2D eigenvalue weighted by Crippen LogP contribution is -2.54. The minimum atomic E-state index is -0.970. The van der Waals surface area contributed by atoms with E-state index in [0.717, 1.165) is 16.9 Å². The Labute approximate surface area is 189 Å². The lowest BCUT2D eigenvalue weighted by molar-refractivity contribution is -0.267. The molecular formula is C25H32O7. The molecule has 3 unspecified atom stereocenters. The molecule has 2 heterocycles. The topological polar surface area (TPSA) is 75.6 Å². The zero-order valence-corrected chi connectivity index (χ0v) is 19.0. The highest BCUT2D eigenvalue weighted by atomic mass is 16.8. The van der Waals surface area contributed by atoms with E-state index in [1.54, 1.807) is 7.11 Å². The van der Waals surface area contributed by atoms with E-state index in [0.29, 0.717) is 13.2 Å². The Bertz CT molecular complexity index is 870. The molecule has 0 bridgehead atoms. The summed E-state index contributed by atoms with van der Waals surface area (Å²) >= 11 is 0. The number of rotatable bonds is 9. The number of fused-ring (bicyclic) bond motifs is 1. The van der Waals surface area contributed by atoms with Gasteiger partial charge in [-0.3, -0.25) is 0 Å². The standard InChI is InChI=1S/C25H32O7/c1-24(2)30-21-22(29-16-18-10-12-19(27-4)13-11-18)25(3,32-23(21)31-24)20(14-26)28-15-17-8-6-5-7-9-17/h5-13,20-23,26H,14-16H2,1-4H3/t20-,21?,22?,23?,25-/m1/s1. The second-order valence-electron chi connectivity index (χ2n) is 8.82. The smallest absolute Gasteiger partial charge is 0.190 e. The van der Waals surface area contributed by atoms with Crippen molar-refractivity contribution in [2.45, 2.75) is 70.0 Å². The fraction of sp³-hybridized carbons (Fsp3) is 0.520. The van der Waals surface area contributed by atoms with Crippen molar-refractivity contribution in [3.63, 3.8) is 0 Å². The molecule has 7 heteroatoms. The van der Waals surface area contributed by atoms with Crippen molar-refractivity contribution in [1.82, 2.24) is 0 Å². The van der Waals surface area contributed by atoms with Crippen molar-refractivity contribution in [3.05, 3.63) is 65.7 Å². The number of ether oxygens (including phenoxy) is 6. The first-order chi connectivity index (χ1) is 15.3. The average molecular weight is 445 g/mol. The van der Waals surface area contributed by atoms with Crippen LogP contribution in [0.1, 0.15) is 31.9 Å². The summed E-state index contributed by atoms with van der Waals surface area (Å²) in [7, 11) is 1.64. The highest BCUT2D eigenvalue weighted by Gasteiger charge is 2.63. The van der Waals surface area contributed by atoms with Gasteiger partial charge in [-0.05, 0) is 44.0 Å². The molecular weight excluding hydrogens is 412 g/mol. The third-order valence-corrected chi connectivity index (χ3v) is 6.01. The molecule has 0 spiro atoms. The van der Waals surface area contributed by atoms with E-state index in [1.807, 2.05) is 75.4 Å². The van der Waals surface area contributed by atoms with Gasteiger partial charge in [0, 0.05) is 0 Å². The molecule has 2 aromatic carbocycles. The number of hydrogen-bond acceptors (Lipinski definition) is 7. The first kappa shape index (κ1) is 23.2. The molecule has 0 aliphatic carbocycles. The van der Waals surface area contributed by atoms with Crippen molar-refractivity contribution < 1.29 is 33.5 Å². The van der Waals surface area contributed by atoms with Gasteiger partial charge >= 0.3 is 0 Å². The van der Waals surface area contributed by atoms with E-state index in [4.69, 9.17) is 28.4 Å². The third-order valence-electron chi connectivity index (χ3n) is 6.01. The number of methoxy groups -OCH3 is 1. The van der Waals surface area contributed by atoms with E-state index in [2.05, 4.69) is 0 Å². The fourth-order valence-corrected chi connectivity index (χ4v) is 4.29. The fourth-order valence-electron chi connectivity index (χ4n) is 4.29. The molecule has 2 fully saturated rings. The van der Waals surface area contributed by atoms with Gasteiger partial charge in [0.25, 0.3) is 0 Å². The zero-order chi connectivity index (χ0) is 22.8. The first-order valence-electron chi connectivity index (χ1n) is 10.9. The normalized spacial score (nSPS) is 29.6. The Morgan fingerprint density at radius 1 is 0.906 bits per heavy atom. The van der Waals surface area contributed by atoms with Crippen LogP contribution in [-0.2, 0) is 36.9 Å². The third kappa shape index (κ3) is 4.83. The number of benzene rings is 2. The summed E-state index contributed by atoms with van der Waals surface area (Å²) in [4.78, 5) is 0. The van der Waals surface area contributed by atoms with Gasteiger partial charge in [0.15, 0.2) is 12.1 Å². The maximum absolute atomic E-state index is 10.2. The SMILES string of the molecule is COc1ccc(COC2C3OC(C)(C)OC3O[C@]2(C)[C@@H](CO)OCc2ccccc2)cc1. The largest absolute Gasteiger partial charge is 0.497 e. The van der Waals surface area contributed by atoms with E-state index < -0.39 is 36.0 Å². The molecule has 174 valence electrons. The van der Waals surface area contributed by atoms with Crippen LogP contribution in [0.5, 0.6) is 5.75 Å². The Kier molecular flexibility index (Phi) is 6.86. The van der Waals surface area contributed by atoms with Gasteiger partial charge in [0.1, 0.15) is 29.7 Å². The summed E-state index contributed by atoms with van der Waals surface area (Å²) in [5.41, 5.74) is 1.03. The van der Waals surface area contributed by atoms with Crippen LogP contribution in [0.2, 0.25) is 0 Å². The molecule has 32 heavy (non-hydrogen) atoms. The molecule has 5 atom stereocenters. The molecule has 2 saturated heterocycles. The molecule has 0 saturated carbocycles. The molecule has 7 nitrogen and oxygen atoms in total. The van der Waals surface area contributed by atoms with Gasteiger partial charge in [0.05, 0.1) is 26.9 Å². The van der Waals surface area contributed by atoms with E-state index in [-0.39, 0.29) is 6.61 Å². The zero-order valence-electron chi connectivity index (χ0n) is 19.0. The van der Waals surface area contributed by atoms with Crippen molar-refractivity contribution >= 4 is 0 Å². The molecule has 2 aliphatic rings. The summed E-state index contributed by atoms with van der Waals surface area (Å²) in [6.07, 6.45) is -2.19. The second kappa shape index (κ2) is 9.47. The van der Waals surface area contributed by atoms with Crippen LogP contribution < -0.4 is 4.74 Å². The maximum atomic E-state index is 10.2. The summed E-state index contributed by atoms with van der Waals surface area (Å²) in [6.45, 7) is 6.05. The van der Waals surface area contributed by atoms with Gasteiger partial charge in [-0.15, -0.1) is 0 Å². The number of aliphatic hydroxyl groups excluding tert-OH is 1. The monoisotopic (exact) mass is 444 g/mol. The highest BCUT2D eigenvalue weighted by Crippen LogP contribution is 2.46. The molecule has 0 aromatic heterocycles. The van der Waals surface area contributed by atoms with Crippen LogP contribution in [0.25, 0.3) is 0 Å². The first-order valence-corrected chi connectivity index (χ1v) is 10.9. The van der Waals surface area contributed by atoms with Crippen LogP contribution in [-0.4, -0.2) is 54.8 Å². The quantitative estimate of drug-likeness (QED) is 0.635. The number of hydrogen-bond donors (Lipinski definition) is 1. The van der Waals surface area contributed by atoms with Gasteiger partial charge in [-0.1, -0.05) is 42.5 Å². The molecule has 2 aromatic rings. The summed E-state index contributed by atoms with van der Waals surface area (Å²) < 4.78 is 36.1. The van der Waals surface area contributed by atoms with Crippen molar-refractivity contribution in [1.29, 1.82) is 0 Å². The average Bonchev–Trinajstić information content (AvgIpc) is 3.21. The number of aliphatic hydroxyl groups is 1. The second-order valence-corrected chi connectivity index (χ2v) is 8.82. The summed E-state index contributed by atoms with van der Waals surface area (Å²) in [5.74, 6) is 0.00429. The predicted molar refractivity (Wildman–Crippen MR) is 117 cm³/mol. The van der Waals surface area contributed by atoms with Crippen molar-refractivity contribution in [2.75, 3.05) is 13.7 Å². The van der Waals surface area contributed by atoms with Crippen molar-refractivity contribution in [3.8, 4) is 5.75 Å². The van der Waals surface area contributed by atoms with E-state index in [9.17, 15) is 5.11 Å². The van der Waals surface area contributed by atoms with Gasteiger partial charge < -0.3 is 33.5 Å².